The van der Waals surface area contributed by atoms with Gasteiger partial charge in [-0.1, -0.05) is 23.8 Å². The lowest BCUT2D eigenvalue weighted by Gasteiger charge is -2.33. The molecule has 0 aliphatic carbocycles. The van der Waals surface area contributed by atoms with Crippen LogP contribution in [0.4, 0.5) is 0 Å². The molecule has 0 spiro atoms. The van der Waals surface area contributed by atoms with Gasteiger partial charge in [0.05, 0.1) is 17.4 Å². The van der Waals surface area contributed by atoms with Crippen molar-refractivity contribution in [3.63, 3.8) is 0 Å². The van der Waals surface area contributed by atoms with Crippen molar-refractivity contribution in [1.29, 1.82) is 0 Å². The Labute approximate surface area is 175 Å². The molecule has 0 radical (unpaired) electrons. The summed E-state index contributed by atoms with van der Waals surface area (Å²) in [7, 11) is 4.69. The highest BCUT2D eigenvalue weighted by atomic mass is 33.1. The van der Waals surface area contributed by atoms with E-state index in [1.54, 1.807) is 48.7 Å². The van der Waals surface area contributed by atoms with Gasteiger partial charge in [0.2, 0.25) is 0 Å². The molecule has 1 aromatic rings. The first-order valence-electron chi connectivity index (χ1n) is 9.29. The van der Waals surface area contributed by atoms with E-state index in [9.17, 15) is 9.59 Å². The van der Waals surface area contributed by atoms with Crippen molar-refractivity contribution in [1.82, 2.24) is 4.98 Å². The van der Waals surface area contributed by atoms with Crippen LogP contribution in [0.15, 0.2) is 29.4 Å². The Morgan fingerprint density at radius 1 is 1.07 bits per heavy atom. The number of hydrogen-bond donors (Lipinski definition) is 0. The predicted molar refractivity (Wildman–Crippen MR) is 113 cm³/mol. The lowest BCUT2D eigenvalue weighted by atomic mass is 9.72. The van der Waals surface area contributed by atoms with Gasteiger partial charge in [0.1, 0.15) is 18.2 Å². The van der Waals surface area contributed by atoms with Crippen LogP contribution in [0.25, 0.3) is 0 Å². The second kappa shape index (κ2) is 12.3. The fraction of sp³-hybridized carbons (Fsp3) is 0.650. The van der Waals surface area contributed by atoms with E-state index < -0.39 is 10.8 Å². The van der Waals surface area contributed by atoms with Gasteiger partial charge in [0.15, 0.2) is 0 Å². The van der Waals surface area contributed by atoms with Crippen LogP contribution >= 0.6 is 21.6 Å². The SMILES string of the molecule is CCC(C)(CC(C)(C)C(=O)OCCOC)C(=O)OCCSSc1ccccn1. The van der Waals surface area contributed by atoms with Crippen LogP contribution in [-0.4, -0.2) is 49.6 Å². The lowest BCUT2D eigenvalue weighted by molar-refractivity contribution is -0.163. The third kappa shape index (κ3) is 8.41. The first-order chi connectivity index (χ1) is 13.2. The number of methoxy groups -OCH3 is 1. The second-order valence-corrected chi connectivity index (χ2v) is 9.75. The van der Waals surface area contributed by atoms with E-state index in [-0.39, 0.29) is 18.5 Å². The molecule has 0 saturated heterocycles. The summed E-state index contributed by atoms with van der Waals surface area (Å²) < 4.78 is 15.6. The molecule has 0 aliphatic rings. The summed E-state index contributed by atoms with van der Waals surface area (Å²) in [5.74, 6) is 0.0467. The van der Waals surface area contributed by atoms with E-state index in [1.807, 2.05) is 32.0 Å². The van der Waals surface area contributed by atoms with Gasteiger partial charge in [-0.3, -0.25) is 9.59 Å². The van der Waals surface area contributed by atoms with Gasteiger partial charge in [-0.2, -0.15) is 0 Å². The Balaban J connectivity index is 2.46. The van der Waals surface area contributed by atoms with Crippen molar-refractivity contribution in [2.75, 3.05) is 32.7 Å². The molecular formula is C20H31NO5S2. The molecule has 0 saturated carbocycles. The van der Waals surface area contributed by atoms with E-state index in [2.05, 4.69) is 4.98 Å². The quantitative estimate of drug-likeness (QED) is 0.260. The van der Waals surface area contributed by atoms with Crippen LogP contribution in [0.2, 0.25) is 0 Å². The van der Waals surface area contributed by atoms with E-state index in [1.165, 1.54) is 0 Å². The van der Waals surface area contributed by atoms with Gasteiger partial charge in [0.25, 0.3) is 0 Å². The number of rotatable bonds is 13. The molecule has 0 aliphatic heterocycles. The van der Waals surface area contributed by atoms with Gasteiger partial charge in [0, 0.05) is 19.1 Å². The molecule has 1 rings (SSSR count). The van der Waals surface area contributed by atoms with Crippen molar-refractivity contribution >= 4 is 33.5 Å². The molecule has 8 heteroatoms. The highest BCUT2D eigenvalue weighted by Crippen LogP contribution is 2.38. The highest BCUT2D eigenvalue weighted by molar-refractivity contribution is 8.76. The van der Waals surface area contributed by atoms with Gasteiger partial charge < -0.3 is 14.2 Å². The molecule has 0 aromatic carbocycles. The van der Waals surface area contributed by atoms with Crippen LogP contribution in [0.5, 0.6) is 0 Å². The zero-order chi connectivity index (χ0) is 21.0. The maximum Gasteiger partial charge on any atom is 0.311 e. The van der Waals surface area contributed by atoms with E-state index in [4.69, 9.17) is 14.2 Å². The molecule has 1 unspecified atom stereocenters. The number of hydrogen-bond acceptors (Lipinski definition) is 8. The Hall–Kier alpha value is -1.25. The molecule has 6 nitrogen and oxygen atoms in total. The monoisotopic (exact) mass is 429 g/mol. The summed E-state index contributed by atoms with van der Waals surface area (Å²) in [5, 5.41) is 0.922. The minimum atomic E-state index is -0.791. The van der Waals surface area contributed by atoms with Crippen molar-refractivity contribution in [3.8, 4) is 0 Å². The average molecular weight is 430 g/mol. The lowest BCUT2D eigenvalue weighted by Crippen LogP contribution is -2.39. The second-order valence-electron chi connectivity index (χ2n) is 7.31. The Bertz CT molecular complexity index is 612. The normalized spacial score (nSPS) is 13.6. The molecule has 158 valence electrons. The minimum absolute atomic E-state index is 0.206. The number of aromatic nitrogens is 1. The third-order valence-corrected chi connectivity index (χ3v) is 6.59. The van der Waals surface area contributed by atoms with E-state index in [0.29, 0.717) is 31.8 Å². The highest BCUT2D eigenvalue weighted by Gasteiger charge is 2.42. The number of ether oxygens (including phenoxy) is 3. The number of esters is 2. The smallest absolute Gasteiger partial charge is 0.311 e. The van der Waals surface area contributed by atoms with Crippen molar-refractivity contribution in [2.45, 2.75) is 45.6 Å². The molecule has 1 atom stereocenters. The zero-order valence-corrected chi connectivity index (χ0v) is 19.0. The number of pyridine rings is 1. The van der Waals surface area contributed by atoms with Crippen molar-refractivity contribution in [3.05, 3.63) is 24.4 Å². The Kier molecular flexibility index (Phi) is 10.9. The maximum atomic E-state index is 12.7. The van der Waals surface area contributed by atoms with Crippen LogP contribution < -0.4 is 0 Å². The van der Waals surface area contributed by atoms with Gasteiger partial charge >= 0.3 is 11.9 Å². The topological polar surface area (TPSA) is 74.7 Å². The summed E-state index contributed by atoms with van der Waals surface area (Å²) in [4.78, 5) is 29.2. The summed E-state index contributed by atoms with van der Waals surface area (Å²) in [6, 6.07) is 5.74. The van der Waals surface area contributed by atoms with Crippen LogP contribution in [0, 0.1) is 10.8 Å². The average Bonchev–Trinajstić information content (AvgIpc) is 2.68. The van der Waals surface area contributed by atoms with Crippen molar-refractivity contribution < 1.29 is 23.8 Å². The molecule has 0 N–H and O–H groups in total. The largest absolute Gasteiger partial charge is 0.464 e. The summed E-state index contributed by atoms with van der Waals surface area (Å²) >= 11 is 0. The maximum absolute atomic E-state index is 12.7. The first kappa shape index (κ1) is 24.8. The van der Waals surface area contributed by atoms with Gasteiger partial charge in [-0.15, -0.1) is 0 Å². The van der Waals surface area contributed by atoms with E-state index >= 15 is 0 Å². The zero-order valence-electron chi connectivity index (χ0n) is 17.4. The fourth-order valence-electron chi connectivity index (χ4n) is 2.64. The van der Waals surface area contributed by atoms with Gasteiger partial charge in [-0.05, 0) is 56.5 Å². The molecule has 0 bridgehead atoms. The molecule has 0 amide bonds. The molecule has 0 fully saturated rings. The number of nitrogens with zero attached hydrogens (tertiary/aromatic N) is 1. The van der Waals surface area contributed by atoms with Crippen LogP contribution in [0.1, 0.15) is 40.5 Å². The Morgan fingerprint density at radius 2 is 1.79 bits per heavy atom. The Morgan fingerprint density at radius 3 is 2.39 bits per heavy atom. The number of carbonyl (C=O) groups is 2. The molecular weight excluding hydrogens is 398 g/mol. The standard InChI is InChI=1S/C20H31NO5S2/c1-6-20(4,15-19(2,3)17(22)25-12-11-24-5)18(23)26-13-14-27-28-16-9-7-8-10-21-16/h7-10H,6,11-15H2,1-5H3. The third-order valence-electron chi connectivity index (χ3n) is 4.36. The summed E-state index contributed by atoms with van der Waals surface area (Å²) in [5.41, 5.74) is -1.54. The minimum Gasteiger partial charge on any atom is -0.464 e. The molecule has 1 heterocycles. The fourth-order valence-corrected chi connectivity index (χ4v) is 4.35. The summed E-state index contributed by atoms with van der Waals surface area (Å²) in [6.45, 7) is 8.23. The van der Waals surface area contributed by atoms with Gasteiger partial charge in [-0.25, -0.2) is 4.98 Å². The predicted octanol–water partition coefficient (Wildman–Crippen LogP) is 4.39. The first-order valence-corrected chi connectivity index (χ1v) is 11.6. The van der Waals surface area contributed by atoms with Crippen molar-refractivity contribution in [2.24, 2.45) is 10.8 Å². The van der Waals surface area contributed by atoms with Crippen LogP contribution in [0.3, 0.4) is 0 Å². The number of carbonyl (C=O) groups excluding carboxylic acids is 2. The van der Waals surface area contributed by atoms with Crippen LogP contribution in [-0.2, 0) is 23.8 Å². The molecule has 28 heavy (non-hydrogen) atoms. The summed E-state index contributed by atoms with van der Waals surface area (Å²) in [6.07, 6.45) is 2.69. The van der Waals surface area contributed by atoms with E-state index in [0.717, 1.165) is 5.03 Å². The molecule has 1 aromatic heterocycles.